The average molecular weight is 473 g/mol. The maximum absolute atomic E-state index is 12.2. The number of hydrogen-bond acceptors (Lipinski definition) is 7. The van der Waals surface area contributed by atoms with E-state index >= 15 is 0 Å². The molecule has 178 valence electrons. The van der Waals surface area contributed by atoms with Crippen LogP contribution in [0.4, 0.5) is 5.69 Å². The predicted octanol–water partition coefficient (Wildman–Crippen LogP) is 5.84. The third-order valence-electron chi connectivity index (χ3n) is 5.05. The number of ether oxygens (including phenoxy) is 3. The van der Waals surface area contributed by atoms with Crippen molar-refractivity contribution < 1.29 is 23.9 Å². The molecule has 1 aromatic heterocycles. The average Bonchev–Trinajstić information content (AvgIpc) is 3.33. The lowest BCUT2D eigenvalue weighted by Crippen LogP contribution is -2.04. The third-order valence-corrected chi connectivity index (χ3v) is 5.05. The Morgan fingerprint density at radius 3 is 2.43 bits per heavy atom. The molecule has 0 fully saturated rings. The lowest BCUT2D eigenvalue weighted by molar-refractivity contribution is -0.384. The van der Waals surface area contributed by atoms with Crippen LogP contribution in [0.15, 0.2) is 72.8 Å². The van der Waals surface area contributed by atoms with Gasteiger partial charge in [0, 0.05) is 12.1 Å². The van der Waals surface area contributed by atoms with Gasteiger partial charge in [-0.2, -0.15) is 5.10 Å². The van der Waals surface area contributed by atoms with Crippen molar-refractivity contribution in [1.29, 1.82) is 0 Å². The second kappa shape index (κ2) is 10.5. The highest BCUT2D eigenvalue weighted by Gasteiger charge is 2.21. The summed E-state index contributed by atoms with van der Waals surface area (Å²) in [5.41, 5.74) is 2.98. The number of carbonyl (C=O) groups excluding carboxylic acids is 1. The van der Waals surface area contributed by atoms with Crippen molar-refractivity contribution in [3.63, 3.8) is 0 Å². The molecule has 4 aromatic rings. The summed E-state index contributed by atoms with van der Waals surface area (Å²) in [5, 5.41) is 17.9. The van der Waals surface area contributed by atoms with Gasteiger partial charge >= 0.3 is 5.97 Å². The molecule has 1 heterocycles. The van der Waals surface area contributed by atoms with Crippen LogP contribution in [0, 0.1) is 17.0 Å². The number of nitrogens with one attached hydrogen (secondary N) is 1. The molecule has 0 radical (unpaired) electrons. The summed E-state index contributed by atoms with van der Waals surface area (Å²) in [5.74, 6) is 0.805. The first kappa shape index (κ1) is 23.5. The topological polar surface area (TPSA) is 117 Å². The summed E-state index contributed by atoms with van der Waals surface area (Å²) >= 11 is 0. The van der Waals surface area contributed by atoms with Gasteiger partial charge < -0.3 is 14.2 Å². The molecule has 0 bridgehead atoms. The Morgan fingerprint density at radius 2 is 1.74 bits per heavy atom. The highest BCUT2D eigenvalue weighted by Crippen LogP contribution is 2.41. The van der Waals surface area contributed by atoms with Gasteiger partial charge in [-0.1, -0.05) is 30.3 Å². The van der Waals surface area contributed by atoms with Crippen LogP contribution in [-0.4, -0.2) is 27.7 Å². The monoisotopic (exact) mass is 473 g/mol. The van der Waals surface area contributed by atoms with Gasteiger partial charge in [0.05, 0.1) is 22.8 Å². The van der Waals surface area contributed by atoms with Crippen molar-refractivity contribution in [3.05, 3.63) is 99.7 Å². The molecular weight excluding hydrogens is 450 g/mol. The fourth-order valence-corrected chi connectivity index (χ4v) is 3.44. The Kier molecular flexibility index (Phi) is 7.06. The Hall–Kier alpha value is -4.66. The van der Waals surface area contributed by atoms with Crippen LogP contribution in [0.2, 0.25) is 0 Å². The standard InChI is InChI=1S/C26H23N3O6/c1-3-33-26(30)22-15-21(27-28-22)25-23(34-16-18-7-5-4-6-8-18)13-17(2)14-24(25)35-20-11-9-19(10-12-20)29(31)32/h4-15H,3,16H2,1-2H3,(H,27,28). The first-order valence-electron chi connectivity index (χ1n) is 10.9. The van der Waals surface area contributed by atoms with Crippen LogP contribution in [0.3, 0.4) is 0 Å². The number of carbonyl (C=O) groups is 1. The fourth-order valence-electron chi connectivity index (χ4n) is 3.44. The number of non-ortho nitro benzene ring substituents is 1. The molecule has 0 saturated carbocycles. The van der Waals surface area contributed by atoms with Gasteiger partial charge in [-0.25, -0.2) is 4.79 Å². The van der Waals surface area contributed by atoms with E-state index in [1.807, 2.05) is 49.4 Å². The van der Waals surface area contributed by atoms with Crippen LogP contribution < -0.4 is 9.47 Å². The first-order chi connectivity index (χ1) is 16.9. The van der Waals surface area contributed by atoms with E-state index in [0.29, 0.717) is 35.1 Å². The van der Waals surface area contributed by atoms with E-state index in [-0.39, 0.29) is 18.0 Å². The molecule has 3 aromatic carbocycles. The Labute approximate surface area is 201 Å². The van der Waals surface area contributed by atoms with Crippen molar-refractivity contribution >= 4 is 11.7 Å². The number of hydrogen-bond donors (Lipinski definition) is 1. The van der Waals surface area contributed by atoms with Gasteiger partial charge in [-0.05, 0) is 55.3 Å². The van der Waals surface area contributed by atoms with Crippen molar-refractivity contribution in [2.45, 2.75) is 20.5 Å². The van der Waals surface area contributed by atoms with E-state index in [0.717, 1.165) is 11.1 Å². The minimum atomic E-state index is -0.549. The van der Waals surface area contributed by atoms with Crippen molar-refractivity contribution in [2.75, 3.05) is 6.61 Å². The molecule has 0 atom stereocenters. The molecule has 0 amide bonds. The maximum Gasteiger partial charge on any atom is 0.358 e. The van der Waals surface area contributed by atoms with Gasteiger partial charge in [-0.15, -0.1) is 0 Å². The van der Waals surface area contributed by atoms with E-state index in [1.165, 1.54) is 24.3 Å². The number of rotatable bonds is 9. The van der Waals surface area contributed by atoms with E-state index in [9.17, 15) is 14.9 Å². The lowest BCUT2D eigenvalue weighted by atomic mass is 10.1. The number of nitro groups is 1. The number of aromatic nitrogens is 2. The lowest BCUT2D eigenvalue weighted by Gasteiger charge is -2.17. The third kappa shape index (κ3) is 5.64. The van der Waals surface area contributed by atoms with Crippen LogP contribution in [0.25, 0.3) is 11.3 Å². The van der Waals surface area contributed by atoms with Crippen molar-refractivity contribution in [3.8, 4) is 28.5 Å². The van der Waals surface area contributed by atoms with Crippen LogP contribution in [-0.2, 0) is 11.3 Å². The first-order valence-corrected chi connectivity index (χ1v) is 10.9. The van der Waals surface area contributed by atoms with Gasteiger partial charge in [-0.3, -0.25) is 15.2 Å². The van der Waals surface area contributed by atoms with Crippen LogP contribution >= 0.6 is 0 Å². The summed E-state index contributed by atoms with van der Waals surface area (Å²) < 4.78 is 17.3. The van der Waals surface area contributed by atoms with Crippen molar-refractivity contribution in [2.24, 2.45) is 0 Å². The Morgan fingerprint density at radius 1 is 1.03 bits per heavy atom. The number of nitrogens with zero attached hydrogens (tertiary/aromatic N) is 2. The van der Waals surface area contributed by atoms with E-state index in [4.69, 9.17) is 14.2 Å². The predicted molar refractivity (Wildman–Crippen MR) is 129 cm³/mol. The summed E-state index contributed by atoms with van der Waals surface area (Å²) in [7, 11) is 0. The number of H-pyrrole nitrogens is 1. The van der Waals surface area contributed by atoms with Gasteiger partial charge in [0.25, 0.3) is 5.69 Å². The van der Waals surface area contributed by atoms with Gasteiger partial charge in [0.1, 0.15) is 23.9 Å². The smallest absolute Gasteiger partial charge is 0.358 e. The molecule has 0 saturated heterocycles. The van der Waals surface area contributed by atoms with Gasteiger partial charge in [0.15, 0.2) is 5.69 Å². The maximum atomic E-state index is 12.2. The van der Waals surface area contributed by atoms with E-state index < -0.39 is 10.9 Å². The molecule has 1 N–H and O–H groups in total. The van der Waals surface area contributed by atoms with E-state index in [1.54, 1.807) is 13.0 Å². The second-order valence-electron chi connectivity index (χ2n) is 7.65. The van der Waals surface area contributed by atoms with Crippen molar-refractivity contribution in [1.82, 2.24) is 10.2 Å². The minimum absolute atomic E-state index is 0.0404. The molecule has 0 aliphatic heterocycles. The largest absolute Gasteiger partial charge is 0.488 e. The SMILES string of the molecule is CCOC(=O)c1cc(-c2c(OCc3ccccc3)cc(C)cc2Oc2ccc([N+](=O)[O-])cc2)[nH]n1. The van der Waals surface area contributed by atoms with Crippen LogP contribution in [0.5, 0.6) is 17.2 Å². The second-order valence-corrected chi connectivity index (χ2v) is 7.65. The number of aryl methyl sites for hydroxylation is 1. The number of aromatic amines is 1. The van der Waals surface area contributed by atoms with Crippen LogP contribution in [0.1, 0.15) is 28.5 Å². The summed E-state index contributed by atoms with van der Waals surface area (Å²) in [4.78, 5) is 22.7. The zero-order valence-corrected chi connectivity index (χ0v) is 19.2. The molecular formula is C26H23N3O6. The number of nitro benzene ring substituents is 1. The highest BCUT2D eigenvalue weighted by molar-refractivity contribution is 5.89. The minimum Gasteiger partial charge on any atom is -0.488 e. The molecule has 0 aliphatic rings. The highest BCUT2D eigenvalue weighted by atomic mass is 16.6. The Balaban J connectivity index is 1.74. The number of benzene rings is 3. The summed E-state index contributed by atoms with van der Waals surface area (Å²) in [6.45, 7) is 4.16. The Bertz CT molecular complexity index is 1330. The zero-order valence-electron chi connectivity index (χ0n) is 19.2. The molecule has 9 heteroatoms. The fraction of sp³-hybridized carbons (Fsp3) is 0.154. The normalized spacial score (nSPS) is 10.6. The van der Waals surface area contributed by atoms with Gasteiger partial charge in [0.2, 0.25) is 0 Å². The number of esters is 1. The molecule has 35 heavy (non-hydrogen) atoms. The van der Waals surface area contributed by atoms with E-state index in [2.05, 4.69) is 10.2 Å². The molecule has 0 unspecified atom stereocenters. The quantitative estimate of drug-likeness (QED) is 0.184. The molecule has 0 spiro atoms. The molecule has 0 aliphatic carbocycles. The molecule has 9 nitrogen and oxygen atoms in total. The summed E-state index contributed by atoms with van der Waals surface area (Å²) in [6, 6.07) is 20.7. The summed E-state index contributed by atoms with van der Waals surface area (Å²) in [6.07, 6.45) is 0. The molecule has 4 rings (SSSR count). The zero-order chi connectivity index (χ0) is 24.8.